The lowest BCUT2D eigenvalue weighted by molar-refractivity contribution is 0.967. The molecule has 0 radical (unpaired) electrons. The van der Waals surface area contributed by atoms with E-state index in [9.17, 15) is 0 Å². The second-order valence-corrected chi connectivity index (χ2v) is 3.36. The topological polar surface area (TPSA) is 0 Å². The van der Waals surface area contributed by atoms with Gasteiger partial charge < -0.3 is 0 Å². The van der Waals surface area contributed by atoms with E-state index in [1.165, 1.54) is 24.0 Å². The molecule has 0 rings (SSSR count). The van der Waals surface area contributed by atoms with Gasteiger partial charge in [0.25, 0.3) is 0 Å². The van der Waals surface area contributed by atoms with Crippen LogP contribution in [0.1, 0.15) is 40.5 Å². The van der Waals surface area contributed by atoms with Gasteiger partial charge in [-0.05, 0) is 40.5 Å². The SMILES string of the molecule is CC=C/C=C(\C)CCC=C(C)C. The third-order valence-corrected chi connectivity index (χ3v) is 1.66. The molecule has 68 valence electrons. The van der Waals surface area contributed by atoms with Crippen LogP contribution >= 0.6 is 0 Å². The van der Waals surface area contributed by atoms with Gasteiger partial charge in [0.05, 0.1) is 0 Å². The number of hydrogen-bond donors (Lipinski definition) is 0. The second-order valence-electron chi connectivity index (χ2n) is 3.36. The summed E-state index contributed by atoms with van der Waals surface area (Å²) in [5.41, 5.74) is 2.86. The molecule has 0 aromatic rings. The van der Waals surface area contributed by atoms with E-state index in [2.05, 4.69) is 45.1 Å². The maximum Gasteiger partial charge on any atom is -0.0285 e. The first-order valence-corrected chi connectivity index (χ1v) is 4.58. The van der Waals surface area contributed by atoms with Crippen LogP contribution in [0, 0.1) is 0 Å². The van der Waals surface area contributed by atoms with Gasteiger partial charge in [-0.15, -0.1) is 0 Å². The summed E-state index contributed by atoms with van der Waals surface area (Å²) in [6.45, 7) is 8.51. The zero-order valence-corrected chi connectivity index (χ0v) is 8.72. The molecule has 0 aromatic heterocycles. The van der Waals surface area contributed by atoms with Gasteiger partial charge in [-0.1, -0.05) is 35.5 Å². The monoisotopic (exact) mass is 164 g/mol. The zero-order chi connectivity index (χ0) is 9.40. The molecular weight excluding hydrogens is 144 g/mol. The van der Waals surface area contributed by atoms with Crippen molar-refractivity contribution in [3.8, 4) is 0 Å². The van der Waals surface area contributed by atoms with E-state index in [1.807, 2.05) is 6.92 Å². The Kier molecular flexibility index (Phi) is 6.45. The fourth-order valence-electron chi connectivity index (χ4n) is 0.932. The zero-order valence-electron chi connectivity index (χ0n) is 8.72. The predicted molar refractivity (Wildman–Crippen MR) is 57.2 cm³/mol. The van der Waals surface area contributed by atoms with Crippen molar-refractivity contribution in [2.24, 2.45) is 0 Å². The van der Waals surface area contributed by atoms with Gasteiger partial charge in [0.1, 0.15) is 0 Å². The van der Waals surface area contributed by atoms with Crippen LogP contribution in [0.4, 0.5) is 0 Å². The molecule has 0 aliphatic carbocycles. The highest BCUT2D eigenvalue weighted by atomic mass is 13.9. The highest BCUT2D eigenvalue weighted by Crippen LogP contribution is 2.06. The van der Waals surface area contributed by atoms with Crippen molar-refractivity contribution in [2.45, 2.75) is 40.5 Å². The van der Waals surface area contributed by atoms with Crippen molar-refractivity contribution < 1.29 is 0 Å². The summed E-state index contributed by atoms with van der Waals surface area (Å²) in [6, 6.07) is 0. The van der Waals surface area contributed by atoms with Crippen LogP contribution in [0.3, 0.4) is 0 Å². The molecule has 0 amide bonds. The summed E-state index contributed by atoms with van der Waals surface area (Å²) in [6.07, 6.45) is 11.0. The van der Waals surface area contributed by atoms with E-state index < -0.39 is 0 Å². The van der Waals surface area contributed by atoms with Crippen LogP contribution in [0.2, 0.25) is 0 Å². The molecule has 0 aliphatic heterocycles. The first kappa shape index (κ1) is 11.2. The Hall–Kier alpha value is -0.780. The fraction of sp³-hybridized carbons (Fsp3) is 0.500. The normalized spacial score (nSPS) is 12.2. The van der Waals surface area contributed by atoms with Crippen molar-refractivity contribution in [3.63, 3.8) is 0 Å². The molecule has 0 heteroatoms. The van der Waals surface area contributed by atoms with Crippen LogP contribution in [0.15, 0.2) is 35.5 Å². The molecule has 0 aliphatic rings. The maximum absolute atomic E-state index is 2.28. The molecule has 0 N–H and O–H groups in total. The average Bonchev–Trinajstić information content (AvgIpc) is 2.00. The number of allylic oxidation sites excluding steroid dienone is 6. The van der Waals surface area contributed by atoms with E-state index in [1.54, 1.807) is 0 Å². The van der Waals surface area contributed by atoms with Crippen LogP contribution in [0.5, 0.6) is 0 Å². The molecule has 12 heavy (non-hydrogen) atoms. The molecule has 0 heterocycles. The summed E-state index contributed by atoms with van der Waals surface area (Å²) in [5, 5.41) is 0. The van der Waals surface area contributed by atoms with E-state index in [4.69, 9.17) is 0 Å². The Morgan fingerprint density at radius 2 is 1.83 bits per heavy atom. The van der Waals surface area contributed by atoms with Crippen molar-refractivity contribution in [1.29, 1.82) is 0 Å². The van der Waals surface area contributed by atoms with Gasteiger partial charge in [0, 0.05) is 0 Å². The van der Waals surface area contributed by atoms with E-state index in [0.717, 1.165) is 0 Å². The molecule has 0 saturated heterocycles. The van der Waals surface area contributed by atoms with Crippen molar-refractivity contribution in [3.05, 3.63) is 35.5 Å². The molecule has 0 spiro atoms. The van der Waals surface area contributed by atoms with E-state index >= 15 is 0 Å². The summed E-state index contributed by atoms with van der Waals surface area (Å²) in [7, 11) is 0. The molecule has 0 bridgehead atoms. The summed E-state index contributed by atoms with van der Waals surface area (Å²) in [4.78, 5) is 0. The van der Waals surface area contributed by atoms with Crippen molar-refractivity contribution in [2.75, 3.05) is 0 Å². The van der Waals surface area contributed by atoms with Gasteiger partial charge in [-0.3, -0.25) is 0 Å². The van der Waals surface area contributed by atoms with Crippen LogP contribution in [-0.4, -0.2) is 0 Å². The third-order valence-electron chi connectivity index (χ3n) is 1.66. The van der Waals surface area contributed by atoms with Crippen LogP contribution in [0.25, 0.3) is 0 Å². The highest BCUT2D eigenvalue weighted by Gasteiger charge is 1.85. The van der Waals surface area contributed by atoms with Crippen LogP contribution < -0.4 is 0 Å². The molecule has 0 unspecified atom stereocenters. The molecular formula is C12H20. The van der Waals surface area contributed by atoms with Crippen molar-refractivity contribution in [1.82, 2.24) is 0 Å². The average molecular weight is 164 g/mol. The third kappa shape index (κ3) is 7.33. The predicted octanol–water partition coefficient (Wildman–Crippen LogP) is 4.26. The van der Waals surface area contributed by atoms with E-state index in [-0.39, 0.29) is 0 Å². The van der Waals surface area contributed by atoms with Crippen molar-refractivity contribution >= 4 is 0 Å². The number of hydrogen-bond acceptors (Lipinski definition) is 0. The molecule has 0 nitrogen and oxygen atoms in total. The summed E-state index contributed by atoms with van der Waals surface area (Å²) >= 11 is 0. The Balaban J connectivity index is 3.71. The van der Waals surface area contributed by atoms with Gasteiger partial charge in [0.15, 0.2) is 0 Å². The minimum absolute atomic E-state index is 1.17. The first-order valence-electron chi connectivity index (χ1n) is 4.58. The summed E-state index contributed by atoms with van der Waals surface area (Å²) in [5.74, 6) is 0. The fourth-order valence-corrected chi connectivity index (χ4v) is 0.932. The quantitative estimate of drug-likeness (QED) is 0.430. The summed E-state index contributed by atoms with van der Waals surface area (Å²) < 4.78 is 0. The van der Waals surface area contributed by atoms with Gasteiger partial charge in [-0.2, -0.15) is 0 Å². The molecule has 0 saturated carbocycles. The van der Waals surface area contributed by atoms with E-state index in [0.29, 0.717) is 0 Å². The molecule has 0 fully saturated rings. The lowest BCUT2D eigenvalue weighted by atomic mass is 10.1. The minimum atomic E-state index is 1.17. The molecule has 0 atom stereocenters. The van der Waals surface area contributed by atoms with Crippen LogP contribution in [-0.2, 0) is 0 Å². The first-order chi connectivity index (χ1) is 5.66. The van der Waals surface area contributed by atoms with Gasteiger partial charge >= 0.3 is 0 Å². The lowest BCUT2D eigenvalue weighted by Gasteiger charge is -1.95. The second kappa shape index (κ2) is 6.90. The smallest absolute Gasteiger partial charge is 0.0285 e. The standard InChI is InChI=1S/C12H20/c1-5-6-9-12(4)10-7-8-11(2)3/h5-6,8-9H,7,10H2,1-4H3/b6-5?,12-9+. The Bertz CT molecular complexity index is 188. The Morgan fingerprint density at radius 3 is 2.33 bits per heavy atom. The molecule has 0 aromatic carbocycles. The Labute approximate surface area is 76.7 Å². The lowest BCUT2D eigenvalue weighted by Crippen LogP contribution is -1.75. The minimum Gasteiger partial charge on any atom is -0.0877 e. The Morgan fingerprint density at radius 1 is 1.17 bits per heavy atom. The van der Waals surface area contributed by atoms with Gasteiger partial charge in [-0.25, -0.2) is 0 Å². The maximum atomic E-state index is 2.28. The number of rotatable bonds is 4. The largest absolute Gasteiger partial charge is 0.0877 e. The highest BCUT2D eigenvalue weighted by molar-refractivity contribution is 5.10. The van der Waals surface area contributed by atoms with Gasteiger partial charge in [0.2, 0.25) is 0 Å².